The highest BCUT2D eigenvalue weighted by molar-refractivity contribution is 7.21. The van der Waals surface area contributed by atoms with Crippen LogP contribution in [0.4, 0.5) is 0 Å². The molecule has 49 heavy (non-hydrogen) atoms. The molecule has 5 aromatic rings. The number of hydrogen-bond donors (Lipinski definition) is 0. The van der Waals surface area contributed by atoms with Gasteiger partial charge in [-0.1, -0.05) is 90.9 Å². The molecule has 3 heteroatoms. The number of benzene rings is 4. The molecule has 2 nitrogen and oxygen atoms in total. The maximum absolute atomic E-state index is 5.75. The minimum atomic E-state index is 0.236. The van der Waals surface area contributed by atoms with Gasteiger partial charge >= 0.3 is 0 Å². The molecular weight excluding hydrogens is 613 g/mol. The second-order valence-corrected chi connectivity index (χ2v) is 14.2. The predicted octanol–water partition coefficient (Wildman–Crippen LogP) is 11.4. The highest BCUT2D eigenvalue weighted by Crippen LogP contribution is 2.47. The van der Waals surface area contributed by atoms with E-state index in [0.717, 1.165) is 49.2 Å². The zero-order valence-corrected chi connectivity index (χ0v) is 28.4. The summed E-state index contributed by atoms with van der Waals surface area (Å²) in [6.07, 6.45) is 26.2. The fourth-order valence-corrected chi connectivity index (χ4v) is 9.32. The predicted molar refractivity (Wildman–Crippen MR) is 209 cm³/mol. The summed E-state index contributed by atoms with van der Waals surface area (Å²) >= 11 is 1.86. The molecule has 4 aliphatic rings. The number of nitrogens with zero attached hydrogens (tertiary/aromatic N) is 2. The van der Waals surface area contributed by atoms with Crippen LogP contribution in [0.1, 0.15) is 47.8 Å². The Morgan fingerprint density at radius 1 is 0.939 bits per heavy atom. The van der Waals surface area contributed by atoms with Gasteiger partial charge in [0, 0.05) is 10.4 Å². The largest absolute Gasteiger partial charge is 0.322 e. The summed E-state index contributed by atoms with van der Waals surface area (Å²) < 4.78 is 1.29. The fraction of sp³-hybridized carbons (Fsp3) is 0.152. The van der Waals surface area contributed by atoms with Crippen molar-refractivity contribution in [3.05, 3.63) is 171 Å². The fourth-order valence-electron chi connectivity index (χ4n) is 8.07. The van der Waals surface area contributed by atoms with Gasteiger partial charge in [-0.05, 0) is 142 Å². The Labute approximate surface area is 292 Å². The van der Waals surface area contributed by atoms with E-state index in [1.54, 1.807) is 6.08 Å². The van der Waals surface area contributed by atoms with Crippen LogP contribution in [0.25, 0.3) is 38.1 Å². The molecular formula is C46H36N2S. The molecule has 1 atom stereocenters. The molecule has 0 spiro atoms. The van der Waals surface area contributed by atoms with Crippen molar-refractivity contribution in [3.8, 4) is 23.5 Å². The number of thiophene rings is 1. The first-order valence-electron chi connectivity index (χ1n) is 17.3. The summed E-state index contributed by atoms with van der Waals surface area (Å²) in [5.41, 5.74) is 12.9. The third kappa shape index (κ3) is 5.07. The second-order valence-electron chi connectivity index (χ2n) is 13.2. The van der Waals surface area contributed by atoms with Gasteiger partial charge < -0.3 is 4.90 Å². The van der Waals surface area contributed by atoms with Gasteiger partial charge in [-0.3, -0.25) is 0 Å². The van der Waals surface area contributed by atoms with Gasteiger partial charge in [0.1, 0.15) is 5.82 Å². The van der Waals surface area contributed by atoms with Crippen LogP contribution in [0.15, 0.2) is 155 Å². The van der Waals surface area contributed by atoms with Crippen molar-refractivity contribution in [2.45, 2.75) is 45.1 Å². The van der Waals surface area contributed by atoms with Crippen LogP contribution >= 0.6 is 11.3 Å². The summed E-state index contributed by atoms with van der Waals surface area (Å²) in [5, 5.41) is 3.85. The average molecular weight is 649 g/mol. The van der Waals surface area contributed by atoms with Crippen molar-refractivity contribution in [1.82, 2.24) is 4.90 Å². The molecule has 2 aliphatic carbocycles. The van der Waals surface area contributed by atoms with Crippen LogP contribution in [-0.4, -0.2) is 16.7 Å². The van der Waals surface area contributed by atoms with Gasteiger partial charge in [0.2, 0.25) is 0 Å². The van der Waals surface area contributed by atoms with Crippen molar-refractivity contribution in [2.24, 2.45) is 4.99 Å². The first kappa shape index (κ1) is 29.7. The molecule has 1 unspecified atom stereocenters. The van der Waals surface area contributed by atoms with E-state index in [1.165, 1.54) is 70.4 Å². The number of aliphatic imine (C=N–C) groups is 1. The molecule has 0 saturated heterocycles. The summed E-state index contributed by atoms with van der Waals surface area (Å²) in [4.78, 5) is 9.49. The standard InChI is InChI=1S/C46H36N2S/c1-3-5-13-30(4-2)45-46-38(40-28-36(24-25-43(40)49-46)35-23-22-31-14-6-7-15-32(31)26-35)19-12-21-44(47-45)48-41-20-11-10-18-37(41)39-27-33-16-8-9-17-34(33)29-42(39)48/h1,4-10,13-18,21-28,42H,11-12,19-20,29H2,2H3/b13-5-,30-4+,44-21+,47-45-. The Bertz CT molecular complexity index is 2450. The number of fused-ring (bicyclic) bond motifs is 7. The molecule has 0 fully saturated rings. The molecule has 1 aromatic heterocycles. The van der Waals surface area contributed by atoms with Gasteiger partial charge in [0.05, 0.1) is 16.6 Å². The normalized spacial score (nSPS) is 20.8. The van der Waals surface area contributed by atoms with E-state index < -0.39 is 0 Å². The minimum Gasteiger partial charge on any atom is -0.322 e. The number of allylic oxidation sites excluding steroid dienone is 8. The molecule has 236 valence electrons. The molecule has 0 radical (unpaired) electrons. The Kier molecular flexibility index (Phi) is 7.41. The first-order valence-corrected chi connectivity index (χ1v) is 18.1. The molecule has 9 rings (SSSR count). The van der Waals surface area contributed by atoms with Gasteiger partial charge in [-0.25, -0.2) is 4.99 Å². The van der Waals surface area contributed by atoms with E-state index in [1.807, 2.05) is 17.4 Å². The monoisotopic (exact) mass is 648 g/mol. The first-order chi connectivity index (χ1) is 24.2. The van der Waals surface area contributed by atoms with E-state index in [9.17, 15) is 0 Å². The van der Waals surface area contributed by atoms with Crippen LogP contribution in [0.2, 0.25) is 0 Å². The van der Waals surface area contributed by atoms with Crippen LogP contribution in [0, 0.1) is 12.3 Å². The lowest BCUT2D eigenvalue weighted by Gasteiger charge is -2.33. The zero-order valence-electron chi connectivity index (χ0n) is 27.6. The van der Waals surface area contributed by atoms with E-state index in [0.29, 0.717) is 0 Å². The molecule has 4 aromatic carbocycles. The van der Waals surface area contributed by atoms with Crippen molar-refractivity contribution in [2.75, 3.05) is 0 Å². The van der Waals surface area contributed by atoms with Crippen molar-refractivity contribution in [3.63, 3.8) is 0 Å². The SMILES string of the molecule is C#C\C=C/C(=C\C)C1=N/C(N2C3=C(C=CCC3)C3=Cc4ccccc4CC32)=C\CCc2c\1sc1ccc(-c3ccc4ccccc4c3)cc21. The molecule has 2 aliphatic heterocycles. The lowest BCUT2D eigenvalue weighted by molar-refractivity contribution is 0.355. The Balaban J connectivity index is 1.19. The van der Waals surface area contributed by atoms with E-state index in [2.05, 4.69) is 133 Å². The van der Waals surface area contributed by atoms with Gasteiger partial charge in [0.15, 0.2) is 0 Å². The van der Waals surface area contributed by atoms with Gasteiger partial charge in [-0.2, -0.15) is 0 Å². The lowest BCUT2D eigenvalue weighted by Crippen LogP contribution is -2.34. The Morgan fingerprint density at radius 2 is 1.78 bits per heavy atom. The summed E-state index contributed by atoms with van der Waals surface area (Å²) in [5.74, 6) is 3.77. The average Bonchev–Trinajstić information content (AvgIpc) is 3.66. The Morgan fingerprint density at radius 3 is 2.67 bits per heavy atom. The smallest absolute Gasteiger partial charge is 0.130 e. The van der Waals surface area contributed by atoms with Gasteiger partial charge in [0.25, 0.3) is 0 Å². The number of terminal acetylenes is 1. The number of aryl methyl sites for hydroxylation is 1. The summed E-state index contributed by atoms with van der Waals surface area (Å²) in [7, 11) is 0. The number of hydrogen-bond acceptors (Lipinski definition) is 3. The molecule has 0 N–H and O–H groups in total. The minimum absolute atomic E-state index is 0.236. The third-order valence-electron chi connectivity index (χ3n) is 10.4. The topological polar surface area (TPSA) is 15.6 Å². The quantitative estimate of drug-likeness (QED) is 0.140. The van der Waals surface area contributed by atoms with E-state index in [-0.39, 0.29) is 6.04 Å². The molecule has 0 amide bonds. The van der Waals surface area contributed by atoms with E-state index >= 15 is 0 Å². The van der Waals surface area contributed by atoms with E-state index in [4.69, 9.17) is 11.4 Å². The maximum Gasteiger partial charge on any atom is 0.130 e. The van der Waals surface area contributed by atoms with Crippen molar-refractivity contribution < 1.29 is 0 Å². The maximum atomic E-state index is 5.75. The van der Waals surface area contributed by atoms with Crippen LogP contribution in [0.3, 0.4) is 0 Å². The van der Waals surface area contributed by atoms with Crippen molar-refractivity contribution >= 4 is 44.0 Å². The molecule has 0 saturated carbocycles. The number of rotatable bonds is 4. The zero-order chi connectivity index (χ0) is 32.9. The molecule has 0 bridgehead atoms. The Hall–Kier alpha value is -5.43. The van der Waals surface area contributed by atoms with Gasteiger partial charge in [-0.15, -0.1) is 17.8 Å². The van der Waals surface area contributed by atoms with Crippen LogP contribution < -0.4 is 0 Å². The summed E-state index contributed by atoms with van der Waals surface area (Å²) in [6.45, 7) is 2.09. The van der Waals surface area contributed by atoms with Crippen molar-refractivity contribution in [1.29, 1.82) is 0 Å². The van der Waals surface area contributed by atoms with Crippen LogP contribution in [0.5, 0.6) is 0 Å². The highest BCUT2D eigenvalue weighted by atomic mass is 32.1. The van der Waals surface area contributed by atoms with Crippen LogP contribution in [-0.2, 0) is 12.8 Å². The molecule has 3 heterocycles. The second kappa shape index (κ2) is 12.2. The summed E-state index contributed by atoms with van der Waals surface area (Å²) in [6, 6.07) is 31.4. The third-order valence-corrected chi connectivity index (χ3v) is 11.6. The lowest BCUT2D eigenvalue weighted by atomic mass is 9.86. The highest BCUT2D eigenvalue weighted by Gasteiger charge is 2.40.